The van der Waals surface area contributed by atoms with E-state index in [9.17, 15) is 19.5 Å². The van der Waals surface area contributed by atoms with Gasteiger partial charge in [0.15, 0.2) is 12.4 Å². The predicted molar refractivity (Wildman–Crippen MR) is 283 cm³/mol. The Morgan fingerprint density at radius 1 is 0.426 bits per heavy atom. The van der Waals surface area contributed by atoms with Gasteiger partial charge in [-0.05, 0) is 38.5 Å². The molecular formula is C59H113NO8. The van der Waals surface area contributed by atoms with E-state index >= 15 is 0 Å². The van der Waals surface area contributed by atoms with Crippen molar-refractivity contribution >= 4 is 17.9 Å². The largest absolute Gasteiger partial charge is 0.545 e. The lowest BCUT2D eigenvalue weighted by Gasteiger charge is -2.26. The van der Waals surface area contributed by atoms with Gasteiger partial charge < -0.3 is 33.3 Å². The van der Waals surface area contributed by atoms with Gasteiger partial charge in [0.05, 0.1) is 40.3 Å². The van der Waals surface area contributed by atoms with E-state index in [0.29, 0.717) is 23.9 Å². The highest BCUT2D eigenvalue weighted by Crippen LogP contribution is 2.17. The van der Waals surface area contributed by atoms with Crippen LogP contribution < -0.4 is 5.11 Å². The summed E-state index contributed by atoms with van der Waals surface area (Å²) in [7, 11) is 5.93. The van der Waals surface area contributed by atoms with Crippen molar-refractivity contribution in [1.29, 1.82) is 0 Å². The number of carbonyl (C=O) groups is 3. The Morgan fingerprint density at radius 2 is 0.750 bits per heavy atom. The molecule has 0 amide bonds. The molecule has 2 unspecified atom stereocenters. The molecule has 0 N–H and O–H groups in total. The number of likely N-dealkylation sites (N-methyl/N-ethyl adjacent to an activating group) is 1. The van der Waals surface area contributed by atoms with E-state index in [1.54, 1.807) is 0 Å². The molecule has 0 saturated carbocycles. The van der Waals surface area contributed by atoms with Gasteiger partial charge in [0.1, 0.15) is 13.2 Å². The number of quaternary nitrogens is 1. The maximum atomic E-state index is 12.9. The highest BCUT2D eigenvalue weighted by atomic mass is 16.7. The molecule has 9 heteroatoms. The molecule has 0 aliphatic rings. The number of nitrogens with zero attached hydrogens (tertiary/aromatic N) is 1. The van der Waals surface area contributed by atoms with Crippen LogP contribution in [0.1, 0.15) is 290 Å². The summed E-state index contributed by atoms with van der Waals surface area (Å²) in [6.45, 7) is 4.80. The fourth-order valence-electron chi connectivity index (χ4n) is 8.71. The lowest BCUT2D eigenvalue weighted by Crippen LogP contribution is -2.44. The third-order valence-electron chi connectivity index (χ3n) is 13.3. The Morgan fingerprint density at radius 3 is 1.09 bits per heavy atom. The number of aliphatic carboxylic acids is 1. The molecule has 0 radical (unpaired) electrons. The molecule has 9 nitrogen and oxygen atoms in total. The fraction of sp³-hybridized carbons (Fsp3) is 0.915. The first kappa shape index (κ1) is 66.0. The van der Waals surface area contributed by atoms with Gasteiger partial charge in [-0.15, -0.1) is 0 Å². The lowest BCUT2D eigenvalue weighted by molar-refractivity contribution is -0.870. The zero-order valence-electron chi connectivity index (χ0n) is 45.8. The summed E-state index contributed by atoms with van der Waals surface area (Å²) in [6.07, 6.45) is 55.4. The predicted octanol–water partition coefficient (Wildman–Crippen LogP) is 15.6. The summed E-state index contributed by atoms with van der Waals surface area (Å²) < 4.78 is 22.7. The topological polar surface area (TPSA) is 111 Å². The number of ether oxygens (including phenoxy) is 4. The Labute approximate surface area is 421 Å². The minimum Gasteiger partial charge on any atom is -0.545 e. The van der Waals surface area contributed by atoms with Gasteiger partial charge in [0.25, 0.3) is 0 Å². The van der Waals surface area contributed by atoms with Gasteiger partial charge in [-0.25, -0.2) is 0 Å². The highest BCUT2D eigenvalue weighted by Gasteiger charge is 2.22. The summed E-state index contributed by atoms with van der Waals surface area (Å²) >= 11 is 0. The van der Waals surface area contributed by atoms with Crippen LogP contribution in [0.4, 0.5) is 0 Å². The first-order valence-electron chi connectivity index (χ1n) is 29.3. The molecule has 0 fully saturated rings. The van der Waals surface area contributed by atoms with Gasteiger partial charge in [-0.2, -0.15) is 0 Å². The number of carbonyl (C=O) groups excluding carboxylic acids is 3. The monoisotopic (exact) mass is 964 g/mol. The van der Waals surface area contributed by atoms with E-state index in [2.05, 4.69) is 26.0 Å². The molecule has 0 bridgehead atoms. The minimum atomic E-state index is -1.62. The number of carboxylic acids is 1. The van der Waals surface area contributed by atoms with Crippen molar-refractivity contribution < 1.29 is 42.9 Å². The Kier molecular flexibility index (Phi) is 49.9. The molecule has 0 saturated heterocycles. The average Bonchev–Trinajstić information content (AvgIpc) is 3.30. The van der Waals surface area contributed by atoms with Crippen LogP contribution in [0.25, 0.3) is 0 Å². The van der Waals surface area contributed by atoms with Crippen LogP contribution in [0.15, 0.2) is 12.2 Å². The molecule has 68 heavy (non-hydrogen) atoms. The van der Waals surface area contributed by atoms with Gasteiger partial charge in [0.2, 0.25) is 0 Å². The van der Waals surface area contributed by atoms with Gasteiger partial charge in [-0.1, -0.05) is 251 Å². The Balaban J connectivity index is 4.21. The van der Waals surface area contributed by atoms with Crippen molar-refractivity contribution in [3.63, 3.8) is 0 Å². The molecule has 0 aromatic heterocycles. The number of unbranched alkanes of at least 4 members (excludes halogenated alkanes) is 38. The number of esters is 2. The van der Waals surface area contributed by atoms with Crippen molar-refractivity contribution in [3.05, 3.63) is 12.2 Å². The molecule has 0 aliphatic heterocycles. The van der Waals surface area contributed by atoms with Crippen molar-refractivity contribution in [2.24, 2.45) is 0 Å². The third kappa shape index (κ3) is 51.9. The number of hydrogen-bond acceptors (Lipinski definition) is 8. The van der Waals surface area contributed by atoms with E-state index in [4.69, 9.17) is 18.9 Å². The standard InChI is InChI=1S/C59H113NO8/c1-6-8-10-12-14-16-18-20-22-24-26-28-30-31-33-35-37-39-41-43-45-47-49-56(61)66-53-55(54-67-59(58(63)64)65-52-51-60(3,4)5)68-57(62)50-48-46-44-42-40-38-36-34-32-29-27-25-23-21-19-17-15-13-11-9-7-2/h25,27,55,59H,6-24,26,28-54H2,1-5H3/b27-25-. The second kappa shape index (κ2) is 51.4. The molecule has 0 heterocycles. The summed E-state index contributed by atoms with van der Waals surface area (Å²) in [6, 6.07) is 0. The first-order chi connectivity index (χ1) is 33.1. The number of hydrogen-bond donors (Lipinski definition) is 0. The normalized spacial score (nSPS) is 12.8. The van der Waals surface area contributed by atoms with Crippen LogP contribution in [0.3, 0.4) is 0 Å². The first-order valence-corrected chi connectivity index (χ1v) is 29.3. The average molecular weight is 965 g/mol. The minimum absolute atomic E-state index is 0.151. The van der Waals surface area contributed by atoms with Crippen molar-refractivity contribution in [1.82, 2.24) is 0 Å². The van der Waals surface area contributed by atoms with E-state index in [0.717, 1.165) is 38.5 Å². The van der Waals surface area contributed by atoms with Crippen LogP contribution in [0.2, 0.25) is 0 Å². The van der Waals surface area contributed by atoms with E-state index in [1.807, 2.05) is 21.1 Å². The number of rotatable bonds is 55. The molecule has 402 valence electrons. The Bertz CT molecular complexity index is 1120. The van der Waals surface area contributed by atoms with Crippen molar-refractivity contribution in [2.45, 2.75) is 302 Å². The quantitative estimate of drug-likeness (QED) is 0.0195. The van der Waals surface area contributed by atoms with E-state index in [-0.39, 0.29) is 32.2 Å². The molecule has 0 rings (SSSR count). The van der Waals surface area contributed by atoms with Crippen LogP contribution in [0, 0.1) is 0 Å². The fourth-order valence-corrected chi connectivity index (χ4v) is 8.71. The molecule has 0 aliphatic carbocycles. The molecule has 0 spiro atoms. The summed E-state index contributed by atoms with van der Waals surface area (Å²) in [5, 5.41) is 11.8. The third-order valence-corrected chi connectivity index (χ3v) is 13.3. The second-order valence-electron chi connectivity index (χ2n) is 21.3. The summed E-state index contributed by atoms with van der Waals surface area (Å²) in [5.41, 5.74) is 0. The van der Waals surface area contributed by atoms with Gasteiger partial charge in [0, 0.05) is 12.8 Å². The van der Waals surface area contributed by atoms with Crippen LogP contribution in [0.5, 0.6) is 0 Å². The van der Waals surface area contributed by atoms with Crippen molar-refractivity contribution in [3.8, 4) is 0 Å². The molecular weight excluding hydrogens is 851 g/mol. The summed E-state index contributed by atoms with van der Waals surface area (Å²) in [4.78, 5) is 37.3. The van der Waals surface area contributed by atoms with Crippen LogP contribution >= 0.6 is 0 Å². The number of carboxylic acid groups (broad SMARTS) is 1. The molecule has 0 aromatic carbocycles. The summed E-state index contributed by atoms with van der Waals surface area (Å²) in [5.74, 6) is -2.26. The maximum absolute atomic E-state index is 12.9. The zero-order chi connectivity index (χ0) is 49.9. The van der Waals surface area contributed by atoms with Crippen LogP contribution in [-0.4, -0.2) is 82.3 Å². The van der Waals surface area contributed by atoms with Crippen molar-refractivity contribution in [2.75, 3.05) is 47.5 Å². The van der Waals surface area contributed by atoms with Gasteiger partial charge in [-0.3, -0.25) is 9.59 Å². The number of allylic oxidation sites excluding steroid dienone is 2. The second-order valence-corrected chi connectivity index (χ2v) is 21.3. The maximum Gasteiger partial charge on any atom is 0.306 e. The van der Waals surface area contributed by atoms with Gasteiger partial charge >= 0.3 is 11.9 Å². The molecule has 2 atom stereocenters. The lowest BCUT2D eigenvalue weighted by atomic mass is 10.0. The Hall–Kier alpha value is -1.97. The zero-order valence-corrected chi connectivity index (χ0v) is 45.8. The van der Waals surface area contributed by atoms with Crippen LogP contribution in [-0.2, 0) is 33.3 Å². The SMILES string of the molecule is CCCCCCCCCC/C=C\CCCCCCCCCCCC(=O)OC(COC(=O)CCCCCCCCCCCCCCCCCCCCCCCC)COC(OCC[N+](C)(C)C)C(=O)[O-]. The highest BCUT2D eigenvalue weighted by molar-refractivity contribution is 5.70. The molecule has 0 aromatic rings. The van der Waals surface area contributed by atoms with E-state index < -0.39 is 24.3 Å². The van der Waals surface area contributed by atoms with E-state index in [1.165, 1.54) is 218 Å². The smallest absolute Gasteiger partial charge is 0.306 e.